The third kappa shape index (κ3) is 4.28. The number of nitrogens with one attached hydrogen (secondary N) is 1. The summed E-state index contributed by atoms with van der Waals surface area (Å²) in [4.78, 5) is 12.3. The molecule has 5 nitrogen and oxygen atoms in total. The number of aromatic nitrogens is 1. The summed E-state index contributed by atoms with van der Waals surface area (Å²) >= 11 is 0. The van der Waals surface area contributed by atoms with Crippen LogP contribution in [-0.2, 0) is 23.8 Å². The van der Waals surface area contributed by atoms with Crippen LogP contribution < -0.4 is 10.1 Å². The molecule has 2 aromatic carbocycles. The monoisotopic (exact) mass is 430 g/mol. The second-order valence-electron chi connectivity index (χ2n) is 7.56. The lowest BCUT2D eigenvalue weighted by atomic mass is 9.96. The molecule has 31 heavy (non-hydrogen) atoms. The predicted octanol–water partition coefficient (Wildman–Crippen LogP) is 4.64. The number of nitrogens with zero attached hydrogens (tertiary/aromatic N) is 1. The number of aryl methyl sites for hydroxylation is 2. The highest BCUT2D eigenvalue weighted by Gasteiger charge is 2.35. The van der Waals surface area contributed by atoms with Gasteiger partial charge in [-0.25, -0.2) is 0 Å². The molecule has 162 valence electrons. The van der Waals surface area contributed by atoms with E-state index >= 15 is 0 Å². The maximum atomic E-state index is 13.5. The molecular weight excluding hydrogens is 409 g/mol. The van der Waals surface area contributed by atoms with E-state index < -0.39 is 11.7 Å². The highest BCUT2D eigenvalue weighted by Crippen LogP contribution is 2.43. The zero-order valence-corrected chi connectivity index (χ0v) is 17.0. The standard InChI is InChI=1S/C23H21F3N2O3/c1-13-19(14(2)31-28-13)11-21(29)27-12-16-10-15-6-5-8-18(22(15)30-16)17-7-3-4-9-20(17)23(24,25)26/h3-9,16H,10-12H2,1-2H3,(H,27,29). The Morgan fingerprint density at radius 1 is 1.13 bits per heavy atom. The van der Waals surface area contributed by atoms with Crippen molar-refractivity contribution in [3.63, 3.8) is 0 Å². The third-order valence-electron chi connectivity index (χ3n) is 5.40. The molecule has 4 rings (SSSR count). The summed E-state index contributed by atoms with van der Waals surface area (Å²) in [5.74, 6) is 0.839. The molecule has 0 radical (unpaired) electrons. The first-order valence-corrected chi connectivity index (χ1v) is 9.87. The average molecular weight is 430 g/mol. The quantitative estimate of drug-likeness (QED) is 0.641. The Morgan fingerprint density at radius 2 is 1.87 bits per heavy atom. The Hall–Kier alpha value is -3.29. The second kappa shape index (κ2) is 8.09. The number of carbonyl (C=O) groups is 1. The van der Waals surface area contributed by atoms with E-state index in [9.17, 15) is 18.0 Å². The number of halogens is 3. The Morgan fingerprint density at radius 3 is 2.58 bits per heavy atom. The largest absolute Gasteiger partial charge is 0.487 e. The highest BCUT2D eigenvalue weighted by molar-refractivity contribution is 5.79. The highest BCUT2D eigenvalue weighted by atomic mass is 19.4. The lowest BCUT2D eigenvalue weighted by Crippen LogP contribution is -2.35. The summed E-state index contributed by atoms with van der Waals surface area (Å²) < 4.78 is 51.5. The Labute approximate surface area is 177 Å². The summed E-state index contributed by atoms with van der Waals surface area (Å²) in [6, 6.07) is 10.6. The molecule has 1 aliphatic heterocycles. The maximum Gasteiger partial charge on any atom is 0.417 e. The van der Waals surface area contributed by atoms with Crippen LogP contribution in [0.1, 0.15) is 28.1 Å². The van der Waals surface area contributed by atoms with Gasteiger partial charge < -0.3 is 14.6 Å². The molecule has 0 saturated carbocycles. The van der Waals surface area contributed by atoms with Crippen molar-refractivity contribution in [3.8, 4) is 16.9 Å². The van der Waals surface area contributed by atoms with Crippen LogP contribution in [0.4, 0.5) is 13.2 Å². The van der Waals surface area contributed by atoms with Gasteiger partial charge in [-0.05, 0) is 31.0 Å². The van der Waals surface area contributed by atoms with Crippen molar-refractivity contribution in [1.82, 2.24) is 10.5 Å². The SMILES string of the molecule is Cc1noc(C)c1CC(=O)NCC1Cc2cccc(-c3ccccc3C(F)(F)F)c2O1. The average Bonchev–Trinajstić information content (AvgIpc) is 3.29. The number of benzene rings is 2. The minimum atomic E-state index is -4.47. The van der Waals surface area contributed by atoms with Crippen molar-refractivity contribution in [2.45, 2.75) is 39.0 Å². The molecule has 0 fully saturated rings. The topological polar surface area (TPSA) is 64.4 Å². The van der Waals surface area contributed by atoms with Gasteiger partial charge in [-0.1, -0.05) is 41.6 Å². The van der Waals surface area contributed by atoms with E-state index in [-0.39, 0.29) is 30.5 Å². The van der Waals surface area contributed by atoms with Crippen LogP contribution in [0.15, 0.2) is 47.0 Å². The van der Waals surface area contributed by atoms with Gasteiger partial charge in [0.2, 0.25) is 5.91 Å². The first-order chi connectivity index (χ1) is 14.7. The summed E-state index contributed by atoms with van der Waals surface area (Å²) in [6.07, 6.45) is -4.18. The fraction of sp³-hybridized carbons (Fsp3) is 0.304. The molecule has 0 saturated heterocycles. The maximum absolute atomic E-state index is 13.5. The smallest absolute Gasteiger partial charge is 0.417 e. The molecule has 8 heteroatoms. The van der Waals surface area contributed by atoms with Crippen molar-refractivity contribution >= 4 is 5.91 Å². The van der Waals surface area contributed by atoms with Gasteiger partial charge in [0.1, 0.15) is 17.6 Å². The summed E-state index contributed by atoms with van der Waals surface area (Å²) in [5, 5.41) is 6.67. The molecule has 3 aromatic rings. The molecule has 1 unspecified atom stereocenters. The Balaban J connectivity index is 1.48. The van der Waals surface area contributed by atoms with Gasteiger partial charge in [0.15, 0.2) is 0 Å². The van der Waals surface area contributed by atoms with Crippen LogP contribution in [0.25, 0.3) is 11.1 Å². The lowest BCUT2D eigenvalue weighted by molar-refractivity contribution is -0.137. The van der Waals surface area contributed by atoms with Gasteiger partial charge in [0, 0.05) is 17.5 Å². The minimum absolute atomic E-state index is 0.0787. The number of rotatable bonds is 5. The molecule has 1 N–H and O–H groups in total. The van der Waals surface area contributed by atoms with Crippen LogP contribution >= 0.6 is 0 Å². The normalized spacial score (nSPS) is 15.5. The Bertz CT molecular complexity index is 1100. The number of alkyl halides is 3. The van der Waals surface area contributed by atoms with Gasteiger partial charge in [-0.2, -0.15) is 13.2 Å². The van der Waals surface area contributed by atoms with Crippen molar-refractivity contribution in [2.24, 2.45) is 0 Å². The number of carbonyl (C=O) groups excluding carboxylic acids is 1. The molecule has 0 spiro atoms. The van der Waals surface area contributed by atoms with E-state index in [0.29, 0.717) is 29.2 Å². The molecule has 0 aliphatic carbocycles. The zero-order valence-electron chi connectivity index (χ0n) is 17.0. The fourth-order valence-corrected chi connectivity index (χ4v) is 3.83. The number of hydrogen-bond donors (Lipinski definition) is 1. The molecule has 1 atom stereocenters. The zero-order chi connectivity index (χ0) is 22.2. The predicted molar refractivity (Wildman–Crippen MR) is 108 cm³/mol. The van der Waals surface area contributed by atoms with Gasteiger partial charge in [-0.3, -0.25) is 4.79 Å². The van der Waals surface area contributed by atoms with Gasteiger partial charge in [0.05, 0.1) is 24.2 Å². The van der Waals surface area contributed by atoms with Crippen LogP contribution in [0.3, 0.4) is 0 Å². The third-order valence-corrected chi connectivity index (χ3v) is 5.40. The number of para-hydroxylation sites is 1. The molecule has 2 heterocycles. The molecular formula is C23H21F3N2O3. The van der Waals surface area contributed by atoms with E-state index in [1.807, 2.05) is 6.07 Å². The Kier molecular flexibility index (Phi) is 5.47. The van der Waals surface area contributed by atoms with Crippen LogP contribution in [0.5, 0.6) is 5.75 Å². The lowest BCUT2D eigenvalue weighted by Gasteiger charge is -2.16. The number of ether oxygens (including phenoxy) is 1. The van der Waals surface area contributed by atoms with Gasteiger partial charge in [-0.15, -0.1) is 0 Å². The molecule has 1 aliphatic rings. The van der Waals surface area contributed by atoms with E-state index in [4.69, 9.17) is 9.26 Å². The summed E-state index contributed by atoms with van der Waals surface area (Å²) in [5.41, 5.74) is 2.01. The first kappa shape index (κ1) is 21.0. The number of amides is 1. The fourth-order valence-electron chi connectivity index (χ4n) is 3.83. The van der Waals surface area contributed by atoms with Crippen LogP contribution in [0.2, 0.25) is 0 Å². The molecule has 1 amide bonds. The van der Waals surface area contributed by atoms with Gasteiger partial charge in [0.25, 0.3) is 0 Å². The number of hydrogen-bond acceptors (Lipinski definition) is 4. The van der Waals surface area contributed by atoms with Crippen molar-refractivity contribution in [1.29, 1.82) is 0 Å². The van der Waals surface area contributed by atoms with Crippen LogP contribution in [0, 0.1) is 13.8 Å². The van der Waals surface area contributed by atoms with Crippen molar-refractivity contribution < 1.29 is 27.2 Å². The van der Waals surface area contributed by atoms with E-state index in [1.165, 1.54) is 12.1 Å². The first-order valence-electron chi connectivity index (χ1n) is 9.87. The van der Waals surface area contributed by atoms with Crippen molar-refractivity contribution in [2.75, 3.05) is 6.54 Å². The minimum Gasteiger partial charge on any atom is -0.487 e. The van der Waals surface area contributed by atoms with Crippen molar-refractivity contribution in [3.05, 3.63) is 70.6 Å². The second-order valence-corrected chi connectivity index (χ2v) is 7.56. The summed E-state index contributed by atoms with van der Waals surface area (Å²) in [7, 11) is 0. The summed E-state index contributed by atoms with van der Waals surface area (Å²) in [6.45, 7) is 3.77. The molecule has 0 bridgehead atoms. The van der Waals surface area contributed by atoms with E-state index in [0.717, 1.165) is 17.2 Å². The number of fused-ring (bicyclic) bond motifs is 1. The van der Waals surface area contributed by atoms with Crippen LogP contribution in [-0.4, -0.2) is 23.7 Å². The van der Waals surface area contributed by atoms with E-state index in [1.54, 1.807) is 32.0 Å². The van der Waals surface area contributed by atoms with Gasteiger partial charge >= 0.3 is 6.18 Å². The molecule has 1 aromatic heterocycles. The van der Waals surface area contributed by atoms with E-state index in [2.05, 4.69) is 10.5 Å².